The summed E-state index contributed by atoms with van der Waals surface area (Å²) in [5.41, 5.74) is 0.370. The van der Waals surface area contributed by atoms with E-state index in [-0.39, 0.29) is 5.91 Å². The molecule has 1 aliphatic rings. The molecule has 0 aromatic rings. The fraction of sp³-hybridized carbons (Fsp3) is 0.818. The van der Waals surface area contributed by atoms with Gasteiger partial charge in [0.05, 0.1) is 6.07 Å². The molecule has 0 saturated heterocycles. The number of rotatable bonds is 2. The second-order valence-corrected chi connectivity index (χ2v) is 5.03. The highest BCUT2D eigenvalue weighted by atomic mass is 16.2. The van der Waals surface area contributed by atoms with Gasteiger partial charge in [-0.05, 0) is 25.2 Å². The number of nitriles is 1. The van der Waals surface area contributed by atoms with Crippen molar-refractivity contribution < 1.29 is 4.79 Å². The largest absolute Gasteiger partial charge is 0.342 e. The van der Waals surface area contributed by atoms with Gasteiger partial charge in [-0.15, -0.1) is 0 Å². The zero-order valence-electron chi connectivity index (χ0n) is 9.37. The second kappa shape index (κ2) is 3.61. The van der Waals surface area contributed by atoms with E-state index in [1.807, 2.05) is 6.07 Å². The van der Waals surface area contributed by atoms with Crippen LogP contribution in [-0.2, 0) is 4.79 Å². The maximum Gasteiger partial charge on any atom is 0.239 e. The quantitative estimate of drug-likeness (QED) is 0.672. The fourth-order valence-corrected chi connectivity index (χ4v) is 2.03. The number of amides is 1. The van der Waals surface area contributed by atoms with Crippen LogP contribution in [0.1, 0.15) is 33.6 Å². The van der Waals surface area contributed by atoms with Crippen molar-refractivity contribution in [3.8, 4) is 6.07 Å². The molecule has 1 amide bonds. The fourth-order valence-electron chi connectivity index (χ4n) is 2.03. The van der Waals surface area contributed by atoms with Gasteiger partial charge >= 0.3 is 0 Å². The summed E-state index contributed by atoms with van der Waals surface area (Å²) in [4.78, 5) is 13.4. The van der Waals surface area contributed by atoms with Gasteiger partial charge in [0.15, 0.2) is 0 Å². The molecule has 0 aliphatic heterocycles. The van der Waals surface area contributed by atoms with Gasteiger partial charge in [0.25, 0.3) is 0 Å². The minimum Gasteiger partial charge on any atom is -0.342 e. The summed E-state index contributed by atoms with van der Waals surface area (Å²) in [5, 5.41) is 8.63. The molecule has 0 spiro atoms. The van der Waals surface area contributed by atoms with Crippen molar-refractivity contribution >= 4 is 5.91 Å². The molecule has 78 valence electrons. The summed E-state index contributed by atoms with van der Waals surface area (Å²) in [6.45, 7) is 6.06. The van der Waals surface area contributed by atoms with E-state index < -0.39 is 5.92 Å². The topological polar surface area (TPSA) is 44.1 Å². The van der Waals surface area contributed by atoms with E-state index in [9.17, 15) is 4.79 Å². The molecule has 14 heavy (non-hydrogen) atoms. The summed E-state index contributed by atoms with van der Waals surface area (Å²) in [6.07, 6.45) is 2.10. The Morgan fingerprint density at radius 2 is 2.07 bits per heavy atom. The predicted octanol–water partition coefficient (Wildman–Crippen LogP) is 1.79. The first-order valence-electron chi connectivity index (χ1n) is 5.04. The van der Waals surface area contributed by atoms with Crippen LogP contribution in [0, 0.1) is 22.7 Å². The maximum absolute atomic E-state index is 11.6. The molecule has 0 N–H and O–H groups in total. The molecule has 1 atom stereocenters. The van der Waals surface area contributed by atoms with Crippen molar-refractivity contribution in [1.29, 1.82) is 5.26 Å². The van der Waals surface area contributed by atoms with Crippen molar-refractivity contribution in [3.63, 3.8) is 0 Å². The number of carbonyl (C=O) groups is 1. The molecule has 1 unspecified atom stereocenters. The first-order valence-corrected chi connectivity index (χ1v) is 5.04. The number of hydrogen-bond acceptors (Lipinski definition) is 2. The van der Waals surface area contributed by atoms with E-state index in [4.69, 9.17) is 5.26 Å². The molecule has 1 fully saturated rings. The molecule has 0 aromatic carbocycles. The van der Waals surface area contributed by atoms with Gasteiger partial charge in [-0.2, -0.15) is 5.26 Å². The highest BCUT2D eigenvalue weighted by Gasteiger charge is 2.40. The lowest BCUT2D eigenvalue weighted by Gasteiger charge is -2.47. The van der Waals surface area contributed by atoms with Crippen LogP contribution in [0.25, 0.3) is 0 Å². The molecule has 1 rings (SSSR count). The Morgan fingerprint density at radius 1 is 1.57 bits per heavy atom. The lowest BCUT2D eigenvalue weighted by atomic mass is 9.68. The molecule has 0 aromatic heterocycles. The third-order valence-electron chi connectivity index (χ3n) is 3.04. The van der Waals surface area contributed by atoms with Crippen LogP contribution in [-0.4, -0.2) is 23.9 Å². The zero-order valence-corrected chi connectivity index (χ0v) is 9.37. The van der Waals surface area contributed by atoms with Crippen molar-refractivity contribution in [3.05, 3.63) is 0 Å². The molecule has 0 bridgehead atoms. The molecule has 0 heterocycles. The Kier molecular flexibility index (Phi) is 2.84. The first-order chi connectivity index (χ1) is 6.37. The highest BCUT2D eigenvalue weighted by Crippen LogP contribution is 2.42. The van der Waals surface area contributed by atoms with Crippen molar-refractivity contribution in [1.82, 2.24) is 4.90 Å². The Bertz CT molecular complexity index is 270. The van der Waals surface area contributed by atoms with E-state index in [1.165, 1.54) is 0 Å². The molecular weight excluding hydrogens is 176 g/mol. The Hall–Kier alpha value is -1.04. The Balaban J connectivity index is 2.49. The Morgan fingerprint density at radius 3 is 2.43 bits per heavy atom. The third kappa shape index (κ3) is 2.06. The van der Waals surface area contributed by atoms with Crippen molar-refractivity contribution in [2.45, 2.75) is 39.7 Å². The zero-order chi connectivity index (χ0) is 10.9. The van der Waals surface area contributed by atoms with Crippen LogP contribution in [0.2, 0.25) is 0 Å². The smallest absolute Gasteiger partial charge is 0.239 e. The molecule has 1 saturated carbocycles. The van der Waals surface area contributed by atoms with Crippen LogP contribution in [0.3, 0.4) is 0 Å². The maximum atomic E-state index is 11.6. The van der Waals surface area contributed by atoms with Gasteiger partial charge in [0.1, 0.15) is 5.92 Å². The summed E-state index contributed by atoms with van der Waals surface area (Å²) in [7, 11) is 1.80. The number of hydrogen-bond donors (Lipinski definition) is 0. The standard InChI is InChI=1S/C11H18N2O/c1-8(7-12)10(14)13(4)9-5-11(2,3)6-9/h8-9H,5-6H2,1-4H3. The lowest BCUT2D eigenvalue weighted by Crippen LogP contribution is -2.50. The second-order valence-electron chi connectivity index (χ2n) is 5.03. The first kappa shape index (κ1) is 11.0. The monoisotopic (exact) mass is 194 g/mol. The lowest BCUT2D eigenvalue weighted by molar-refractivity contribution is -0.138. The van der Waals surface area contributed by atoms with Gasteiger partial charge in [-0.25, -0.2) is 0 Å². The average Bonchev–Trinajstić information content (AvgIpc) is 2.10. The summed E-state index contributed by atoms with van der Waals surface area (Å²) < 4.78 is 0. The summed E-state index contributed by atoms with van der Waals surface area (Å²) in [5.74, 6) is -0.559. The molecule has 3 nitrogen and oxygen atoms in total. The van der Waals surface area contributed by atoms with Gasteiger partial charge < -0.3 is 4.90 Å². The molecule has 0 radical (unpaired) electrons. The van der Waals surface area contributed by atoms with Crippen LogP contribution in [0.4, 0.5) is 0 Å². The highest BCUT2D eigenvalue weighted by molar-refractivity contribution is 5.80. The van der Waals surface area contributed by atoms with Crippen LogP contribution in [0.15, 0.2) is 0 Å². The van der Waals surface area contributed by atoms with Crippen molar-refractivity contribution in [2.75, 3.05) is 7.05 Å². The van der Waals surface area contributed by atoms with E-state index >= 15 is 0 Å². The molecular formula is C11H18N2O. The molecule has 1 aliphatic carbocycles. The number of carbonyl (C=O) groups excluding carboxylic acids is 1. The SMILES string of the molecule is CC(C#N)C(=O)N(C)C1CC(C)(C)C1. The predicted molar refractivity (Wildman–Crippen MR) is 54.4 cm³/mol. The van der Waals surface area contributed by atoms with E-state index in [2.05, 4.69) is 13.8 Å². The average molecular weight is 194 g/mol. The Labute approximate surface area is 85.7 Å². The van der Waals surface area contributed by atoms with Crippen molar-refractivity contribution in [2.24, 2.45) is 11.3 Å². The van der Waals surface area contributed by atoms with Gasteiger partial charge in [0, 0.05) is 13.1 Å². The van der Waals surface area contributed by atoms with Crippen LogP contribution in [0.5, 0.6) is 0 Å². The van der Waals surface area contributed by atoms with Gasteiger partial charge in [0.2, 0.25) is 5.91 Å². The van der Waals surface area contributed by atoms with E-state index in [0.29, 0.717) is 11.5 Å². The minimum absolute atomic E-state index is 0.0481. The van der Waals surface area contributed by atoms with Gasteiger partial charge in [-0.3, -0.25) is 4.79 Å². The van der Waals surface area contributed by atoms with E-state index in [1.54, 1.807) is 18.9 Å². The minimum atomic E-state index is -0.510. The van der Waals surface area contributed by atoms with Crippen LogP contribution >= 0.6 is 0 Å². The third-order valence-corrected chi connectivity index (χ3v) is 3.04. The van der Waals surface area contributed by atoms with Gasteiger partial charge in [-0.1, -0.05) is 13.8 Å². The molecule has 3 heteroatoms. The van der Waals surface area contributed by atoms with Crippen LogP contribution < -0.4 is 0 Å². The van der Waals surface area contributed by atoms with E-state index in [0.717, 1.165) is 12.8 Å². The summed E-state index contributed by atoms with van der Waals surface area (Å²) in [6, 6.07) is 2.32. The normalized spacial score (nSPS) is 21.9. The summed E-state index contributed by atoms with van der Waals surface area (Å²) >= 11 is 0. The number of nitrogens with zero attached hydrogens (tertiary/aromatic N) is 2.